The standard InChI is InChI=1S/C15H23N3O2/c19-12-15(4-10-20-13-15)11-17-6-8-18(9-7-17)14-3-1-2-5-16-14/h1-3,5,19H,4,6-13H2. The second-order valence-corrected chi connectivity index (χ2v) is 5.91. The molecule has 1 N–H and O–H groups in total. The first-order valence-corrected chi connectivity index (χ1v) is 7.38. The molecule has 2 saturated heterocycles. The molecular weight excluding hydrogens is 254 g/mol. The number of hydrogen-bond donors (Lipinski definition) is 1. The van der Waals surface area contributed by atoms with Crippen LogP contribution in [0.25, 0.3) is 0 Å². The predicted molar refractivity (Wildman–Crippen MR) is 77.8 cm³/mol. The highest BCUT2D eigenvalue weighted by atomic mass is 16.5. The van der Waals surface area contributed by atoms with Gasteiger partial charge in [0.1, 0.15) is 5.82 Å². The number of ether oxygens (including phenoxy) is 1. The quantitative estimate of drug-likeness (QED) is 0.873. The van der Waals surface area contributed by atoms with Crippen molar-refractivity contribution in [3.63, 3.8) is 0 Å². The molecule has 1 atom stereocenters. The summed E-state index contributed by atoms with van der Waals surface area (Å²) in [7, 11) is 0. The minimum atomic E-state index is -0.0346. The zero-order valence-electron chi connectivity index (χ0n) is 11.9. The molecule has 5 heteroatoms. The number of aromatic nitrogens is 1. The maximum absolute atomic E-state index is 9.65. The van der Waals surface area contributed by atoms with Crippen LogP contribution in [0.4, 0.5) is 5.82 Å². The van der Waals surface area contributed by atoms with Crippen molar-refractivity contribution in [1.29, 1.82) is 0 Å². The average Bonchev–Trinajstić information content (AvgIpc) is 2.98. The number of rotatable bonds is 4. The van der Waals surface area contributed by atoms with Gasteiger partial charge in [-0.2, -0.15) is 0 Å². The zero-order chi connectivity index (χ0) is 13.8. The smallest absolute Gasteiger partial charge is 0.128 e. The largest absolute Gasteiger partial charge is 0.396 e. The van der Waals surface area contributed by atoms with E-state index in [0.29, 0.717) is 6.61 Å². The van der Waals surface area contributed by atoms with Crippen LogP contribution in [0, 0.1) is 5.41 Å². The second kappa shape index (κ2) is 6.08. The van der Waals surface area contributed by atoms with Crippen LogP contribution in [-0.2, 0) is 4.74 Å². The van der Waals surface area contributed by atoms with Crippen LogP contribution in [0.5, 0.6) is 0 Å². The first-order chi connectivity index (χ1) is 9.81. The van der Waals surface area contributed by atoms with Gasteiger partial charge < -0.3 is 14.7 Å². The normalized spacial score (nSPS) is 27.9. The maximum atomic E-state index is 9.65. The lowest BCUT2D eigenvalue weighted by atomic mass is 9.87. The van der Waals surface area contributed by atoms with Crippen molar-refractivity contribution in [2.45, 2.75) is 6.42 Å². The molecular formula is C15H23N3O2. The lowest BCUT2D eigenvalue weighted by Gasteiger charge is -2.39. The Bertz CT molecular complexity index is 412. The van der Waals surface area contributed by atoms with Gasteiger partial charge in [0, 0.05) is 50.9 Å². The number of piperazine rings is 1. The molecule has 1 aromatic rings. The van der Waals surface area contributed by atoms with Crippen LogP contribution in [-0.4, -0.2) is 67.5 Å². The number of aliphatic hydroxyl groups excluding tert-OH is 1. The average molecular weight is 277 g/mol. The Morgan fingerprint density at radius 2 is 2.10 bits per heavy atom. The van der Waals surface area contributed by atoms with E-state index in [4.69, 9.17) is 4.74 Å². The Morgan fingerprint density at radius 3 is 2.70 bits per heavy atom. The molecule has 2 aliphatic rings. The summed E-state index contributed by atoms with van der Waals surface area (Å²) < 4.78 is 5.48. The molecule has 2 fully saturated rings. The van der Waals surface area contributed by atoms with Gasteiger partial charge in [-0.15, -0.1) is 0 Å². The van der Waals surface area contributed by atoms with E-state index in [1.165, 1.54) is 0 Å². The molecule has 1 aromatic heterocycles. The highest BCUT2D eigenvalue weighted by Crippen LogP contribution is 2.29. The molecule has 0 amide bonds. The first-order valence-electron chi connectivity index (χ1n) is 7.38. The number of hydrogen-bond acceptors (Lipinski definition) is 5. The van der Waals surface area contributed by atoms with Gasteiger partial charge in [0.05, 0.1) is 13.2 Å². The van der Waals surface area contributed by atoms with Crippen LogP contribution < -0.4 is 4.90 Å². The summed E-state index contributed by atoms with van der Waals surface area (Å²) in [4.78, 5) is 9.18. The highest BCUT2D eigenvalue weighted by Gasteiger charge is 2.36. The first kappa shape index (κ1) is 13.8. The van der Waals surface area contributed by atoms with Gasteiger partial charge in [-0.25, -0.2) is 4.98 Å². The van der Waals surface area contributed by atoms with Gasteiger partial charge in [0.25, 0.3) is 0 Å². The van der Waals surface area contributed by atoms with Crippen LogP contribution in [0.15, 0.2) is 24.4 Å². The van der Waals surface area contributed by atoms with E-state index in [-0.39, 0.29) is 12.0 Å². The van der Waals surface area contributed by atoms with E-state index in [9.17, 15) is 5.11 Å². The summed E-state index contributed by atoms with van der Waals surface area (Å²) in [5.41, 5.74) is -0.0346. The van der Waals surface area contributed by atoms with E-state index in [2.05, 4.69) is 20.9 Å². The number of nitrogens with zero attached hydrogens (tertiary/aromatic N) is 3. The fourth-order valence-corrected chi connectivity index (χ4v) is 3.10. The molecule has 0 bridgehead atoms. The van der Waals surface area contributed by atoms with Crippen molar-refractivity contribution < 1.29 is 9.84 Å². The Kier molecular flexibility index (Phi) is 4.19. The minimum absolute atomic E-state index is 0.0346. The van der Waals surface area contributed by atoms with Crippen molar-refractivity contribution in [2.24, 2.45) is 5.41 Å². The molecule has 0 radical (unpaired) electrons. The van der Waals surface area contributed by atoms with Crippen molar-refractivity contribution in [3.05, 3.63) is 24.4 Å². The van der Waals surface area contributed by atoms with E-state index >= 15 is 0 Å². The Balaban J connectivity index is 1.54. The molecule has 20 heavy (non-hydrogen) atoms. The van der Waals surface area contributed by atoms with Crippen molar-refractivity contribution in [1.82, 2.24) is 9.88 Å². The summed E-state index contributed by atoms with van der Waals surface area (Å²) in [6, 6.07) is 6.05. The SMILES string of the molecule is OCC1(CN2CCN(c3ccccn3)CC2)CCOC1. The van der Waals surface area contributed by atoms with Gasteiger partial charge >= 0.3 is 0 Å². The van der Waals surface area contributed by atoms with Gasteiger partial charge in [-0.1, -0.05) is 6.07 Å². The lowest BCUT2D eigenvalue weighted by molar-refractivity contribution is 0.0548. The maximum Gasteiger partial charge on any atom is 0.128 e. The van der Waals surface area contributed by atoms with Gasteiger partial charge in [0.15, 0.2) is 0 Å². The van der Waals surface area contributed by atoms with Crippen LogP contribution in [0.3, 0.4) is 0 Å². The van der Waals surface area contributed by atoms with Crippen molar-refractivity contribution >= 4 is 5.82 Å². The minimum Gasteiger partial charge on any atom is -0.396 e. The summed E-state index contributed by atoms with van der Waals surface area (Å²) in [5.74, 6) is 1.06. The third kappa shape index (κ3) is 2.95. The van der Waals surface area contributed by atoms with Crippen molar-refractivity contribution in [2.75, 3.05) is 57.4 Å². The van der Waals surface area contributed by atoms with Crippen LogP contribution in [0.2, 0.25) is 0 Å². The molecule has 0 aliphatic carbocycles. The molecule has 5 nitrogen and oxygen atoms in total. The summed E-state index contributed by atoms with van der Waals surface area (Å²) in [6.07, 6.45) is 2.82. The van der Waals surface area contributed by atoms with E-state index < -0.39 is 0 Å². The summed E-state index contributed by atoms with van der Waals surface area (Å²) in [5, 5.41) is 9.65. The third-order valence-electron chi connectivity index (χ3n) is 4.42. The second-order valence-electron chi connectivity index (χ2n) is 5.91. The predicted octanol–water partition coefficient (Wildman–Crippen LogP) is 0.603. The molecule has 2 aliphatic heterocycles. The molecule has 110 valence electrons. The number of pyridine rings is 1. The van der Waals surface area contributed by atoms with E-state index in [1.807, 2.05) is 18.3 Å². The Morgan fingerprint density at radius 1 is 1.25 bits per heavy atom. The Labute approximate surface area is 120 Å². The van der Waals surface area contributed by atoms with Gasteiger partial charge in [-0.05, 0) is 18.6 Å². The number of aliphatic hydroxyl groups is 1. The number of anilines is 1. The highest BCUT2D eigenvalue weighted by molar-refractivity contribution is 5.38. The molecule has 3 heterocycles. The zero-order valence-corrected chi connectivity index (χ0v) is 11.9. The molecule has 1 unspecified atom stereocenters. The van der Waals surface area contributed by atoms with E-state index in [1.54, 1.807) is 0 Å². The molecule has 0 aromatic carbocycles. The van der Waals surface area contributed by atoms with Crippen LogP contribution >= 0.6 is 0 Å². The fraction of sp³-hybridized carbons (Fsp3) is 0.667. The summed E-state index contributed by atoms with van der Waals surface area (Å²) >= 11 is 0. The molecule has 3 rings (SSSR count). The third-order valence-corrected chi connectivity index (χ3v) is 4.42. The van der Waals surface area contributed by atoms with E-state index in [0.717, 1.165) is 51.6 Å². The Hall–Kier alpha value is -1.17. The van der Waals surface area contributed by atoms with Gasteiger partial charge in [0.2, 0.25) is 0 Å². The molecule has 0 saturated carbocycles. The van der Waals surface area contributed by atoms with Crippen LogP contribution in [0.1, 0.15) is 6.42 Å². The lowest BCUT2D eigenvalue weighted by Crippen LogP contribution is -2.51. The van der Waals surface area contributed by atoms with Gasteiger partial charge in [-0.3, -0.25) is 4.90 Å². The fourth-order valence-electron chi connectivity index (χ4n) is 3.10. The monoisotopic (exact) mass is 277 g/mol. The topological polar surface area (TPSA) is 48.8 Å². The van der Waals surface area contributed by atoms with Crippen molar-refractivity contribution in [3.8, 4) is 0 Å². The molecule has 0 spiro atoms. The summed E-state index contributed by atoms with van der Waals surface area (Å²) in [6.45, 7) is 6.71.